The lowest BCUT2D eigenvalue weighted by Crippen LogP contribution is -2.30. The van der Waals surface area contributed by atoms with Gasteiger partial charge in [-0.15, -0.1) is 0 Å². The van der Waals surface area contributed by atoms with Crippen molar-refractivity contribution in [3.05, 3.63) is 24.0 Å². The van der Waals surface area contributed by atoms with E-state index in [9.17, 15) is 18.8 Å². The Bertz CT molecular complexity index is 578. The maximum Gasteiger partial charge on any atom is 0.288 e. The topological polar surface area (TPSA) is 92.5 Å². The highest BCUT2D eigenvalue weighted by molar-refractivity contribution is 8.14. The van der Waals surface area contributed by atoms with Crippen molar-refractivity contribution in [2.24, 2.45) is 0 Å². The molecule has 0 spiro atoms. The van der Waals surface area contributed by atoms with Crippen LogP contribution in [-0.2, 0) is 9.59 Å². The van der Waals surface area contributed by atoms with E-state index in [2.05, 4.69) is 5.32 Å². The first kappa shape index (κ1) is 15.3. The molecule has 21 heavy (non-hydrogen) atoms. The Morgan fingerprint density at radius 1 is 1.43 bits per heavy atom. The number of hydrogen-bond donors (Lipinski definition) is 2. The number of nitrogens with two attached hydrogens (primary N) is 1. The number of rotatable bonds is 5. The van der Waals surface area contributed by atoms with Crippen LogP contribution in [0.15, 0.2) is 18.2 Å². The molecule has 6 nitrogen and oxygen atoms in total. The highest BCUT2D eigenvalue weighted by Crippen LogP contribution is 2.20. The number of amides is 3. The Morgan fingerprint density at radius 2 is 2.19 bits per heavy atom. The molecule has 0 radical (unpaired) electrons. The van der Waals surface area contributed by atoms with Gasteiger partial charge in [-0.05, 0) is 24.6 Å². The van der Waals surface area contributed by atoms with Gasteiger partial charge < -0.3 is 11.1 Å². The standard InChI is InChI=1S/C13H14FN3O3S/c14-9-4-3-8(15)6-10(9)16-11(18)2-1-5-17-12(19)7-21-13(17)20/h3-4,6H,1-2,5,7,15H2,(H,16,18). The van der Waals surface area contributed by atoms with Crippen LogP contribution < -0.4 is 11.1 Å². The number of anilines is 2. The van der Waals surface area contributed by atoms with E-state index < -0.39 is 11.7 Å². The van der Waals surface area contributed by atoms with Crippen molar-refractivity contribution >= 4 is 40.2 Å². The Hall–Kier alpha value is -2.09. The van der Waals surface area contributed by atoms with E-state index in [-0.39, 0.29) is 35.6 Å². The minimum atomic E-state index is -0.571. The predicted molar refractivity (Wildman–Crippen MR) is 78.2 cm³/mol. The Morgan fingerprint density at radius 3 is 2.86 bits per heavy atom. The lowest BCUT2D eigenvalue weighted by atomic mass is 10.2. The molecule has 0 bridgehead atoms. The van der Waals surface area contributed by atoms with Crippen molar-refractivity contribution in [1.82, 2.24) is 4.90 Å². The molecule has 3 N–H and O–H groups in total. The smallest absolute Gasteiger partial charge is 0.288 e. The zero-order valence-electron chi connectivity index (χ0n) is 11.1. The average Bonchev–Trinajstić information content (AvgIpc) is 2.74. The fraction of sp³-hybridized carbons (Fsp3) is 0.308. The number of nitrogen functional groups attached to an aromatic ring is 1. The van der Waals surface area contributed by atoms with E-state index in [1.54, 1.807) is 0 Å². The molecule has 0 saturated carbocycles. The van der Waals surface area contributed by atoms with Gasteiger partial charge in [0.05, 0.1) is 11.4 Å². The second kappa shape index (κ2) is 6.57. The highest BCUT2D eigenvalue weighted by atomic mass is 32.2. The van der Waals surface area contributed by atoms with Crippen molar-refractivity contribution in [3.8, 4) is 0 Å². The zero-order chi connectivity index (χ0) is 15.4. The first-order chi connectivity index (χ1) is 9.97. The van der Waals surface area contributed by atoms with Gasteiger partial charge in [0.25, 0.3) is 5.24 Å². The molecule has 0 atom stereocenters. The molecule has 1 aromatic rings. The molecule has 1 heterocycles. The third-order valence-corrected chi connectivity index (χ3v) is 3.75. The summed E-state index contributed by atoms with van der Waals surface area (Å²) in [5.74, 6) is -1.06. The van der Waals surface area contributed by atoms with E-state index in [0.717, 1.165) is 16.7 Å². The van der Waals surface area contributed by atoms with Crippen LogP contribution in [0.1, 0.15) is 12.8 Å². The molecule has 3 amide bonds. The van der Waals surface area contributed by atoms with Gasteiger partial charge >= 0.3 is 0 Å². The van der Waals surface area contributed by atoms with Crippen LogP contribution in [0.5, 0.6) is 0 Å². The highest BCUT2D eigenvalue weighted by Gasteiger charge is 2.29. The van der Waals surface area contributed by atoms with Crippen LogP contribution in [0, 0.1) is 5.82 Å². The third kappa shape index (κ3) is 3.94. The summed E-state index contributed by atoms with van der Waals surface area (Å²) < 4.78 is 13.4. The zero-order valence-corrected chi connectivity index (χ0v) is 11.9. The van der Waals surface area contributed by atoms with Crippen molar-refractivity contribution in [2.75, 3.05) is 23.3 Å². The minimum absolute atomic E-state index is 0.0175. The number of benzene rings is 1. The second-order valence-corrected chi connectivity index (χ2v) is 5.42. The van der Waals surface area contributed by atoms with Crippen LogP contribution >= 0.6 is 11.8 Å². The normalized spacial score (nSPS) is 14.6. The maximum absolute atomic E-state index is 13.4. The number of nitrogens with one attached hydrogen (secondary N) is 1. The molecular formula is C13H14FN3O3S. The van der Waals surface area contributed by atoms with Crippen molar-refractivity contribution < 1.29 is 18.8 Å². The monoisotopic (exact) mass is 311 g/mol. The van der Waals surface area contributed by atoms with Crippen LogP contribution in [-0.4, -0.2) is 34.3 Å². The van der Waals surface area contributed by atoms with E-state index in [0.29, 0.717) is 12.1 Å². The fourth-order valence-corrected chi connectivity index (χ4v) is 2.60. The van der Waals surface area contributed by atoms with Gasteiger partial charge in [0.1, 0.15) is 5.82 Å². The molecule has 1 aliphatic rings. The third-order valence-electron chi connectivity index (χ3n) is 2.89. The van der Waals surface area contributed by atoms with Crippen molar-refractivity contribution in [1.29, 1.82) is 0 Å². The second-order valence-electron chi connectivity index (χ2n) is 4.49. The first-order valence-electron chi connectivity index (χ1n) is 6.29. The van der Waals surface area contributed by atoms with Crippen LogP contribution in [0.25, 0.3) is 0 Å². The number of imide groups is 1. The van der Waals surface area contributed by atoms with Gasteiger partial charge in [0.15, 0.2) is 0 Å². The summed E-state index contributed by atoms with van der Waals surface area (Å²) in [6.07, 6.45) is 0.407. The Kier molecular flexibility index (Phi) is 4.79. The summed E-state index contributed by atoms with van der Waals surface area (Å²) in [5, 5.41) is 2.12. The lowest BCUT2D eigenvalue weighted by Gasteiger charge is -2.12. The molecule has 8 heteroatoms. The summed E-state index contributed by atoms with van der Waals surface area (Å²) in [7, 11) is 0. The molecule has 0 unspecified atom stereocenters. The lowest BCUT2D eigenvalue weighted by molar-refractivity contribution is -0.125. The fourth-order valence-electron chi connectivity index (χ4n) is 1.85. The van der Waals surface area contributed by atoms with Crippen molar-refractivity contribution in [2.45, 2.75) is 12.8 Å². The van der Waals surface area contributed by atoms with Crippen LogP contribution in [0.3, 0.4) is 0 Å². The Labute approximate surface area is 124 Å². The van der Waals surface area contributed by atoms with Gasteiger partial charge in [-0.1, -0.05) is 11.8 Å². The van der Waals surface area contributed by atoms with Crippen LogP contribution in [0.4, 0.5) is 20.6 Å². The number of hydrogen-bond acceptors (Lipinski definition) is 5. The number of nitrogens with zero attached hydrogens (tertiary/aromatic N) is 1. The average molecular weight is 311 g/mol. The molecule has 1 aliphatic heterocycles. The molecule has 1 aromatic carbocycles. The first-order valence-corrected chi connectivity index (χ1v) is 7.28. The Balaban J connectivity index is 1.81. The molecule has 1 saturated heterocycles. The van der Waals surface area contributed by atoms with E-state index in [1.807, 2.05) is 0 Å². The summed E-state index contributed by atoms with van der Waals surface area (Å²) in [6.45, 7) is 0.192. The number of carbonyl (C=O) groups is 3. The van der Waals surface area contributed by atoms with Gasteiger partial charge in [0.2, 0.25) is 11.8 Å². The van der Waals surface area contributed by atoms with E-state index in [1.165, 1.54) is 18.2 Å². The molecule has 1 fully saturated rings. The molecule has 0 aromatic heterocycles. The number of thioether (sulfide) groups is 1. The largest absolute Gasteiger partial charge is 0.399 e. The molecule has 112 valence electrons. The molecule has 2 rings (SSSR count). The van der Waals surface area contributed by atoms with E-state index >= 15 is 0 Å². The van der Waals surface area contributed by atoms with Gasteiger partial charge in [-0.25, -0.2) is 4.39 Å². The van der Waals surface area contributed by atoms with Gasteiger partial charge in [-0.3, -0.25) is 19.3 Å². The molecule has 0 aliphatic carbocycles. The quantitative estimate of drug-likeness (QED) is 0.809. The maximum atomic E-state index is 13.4. The van der Waals surface area contributed by atoms with Crippen molar-refractivity contribution in [3.63, 3.8) is 0 Å². The summed E-state index contributed by atoms with van der Waals surface area (Å²) in [5.41, 5.74) is 5.88. The minimum Gasteiger partial charge on any atom is -0.399 e. The summed E-state index contributed by atoms with van der Waals surface area (Å²) >= 11 is 0.952. The summed E-state index contributed by atoms with van der Waals surface area (Å²) in [6, 6.07) is 3.90. The number of carbonyl (C=O) groups excluding carboxylic acids is 3. The SMILES string of the molecule is Nc1ccc(F)c(NC(=O)CCCN2C(=O)CSC2=O)c1. The predicted octanol–water partition coefficient (Wildman–Crippen LogP) is 1.82. The van der Waals surface area contributed by atoms with Crippen LogP contribution in [0.2, 0.25) is 0 Å². The molecular weight excluding hydrogens is 297 g/mol. The van der Waals surface area contributed by atoms with Gasteiger partial charge in [0, 0.05) is 18.7 Å². The number of halogens is 1. The summed E-state index contributed by atoms with van der Waals surface area (Å²) in [4.78, 5) is 35.5. The van der Waals surface area contributed by atoms with E-state index in [4.69, 9.17) is 5.73 Å². The van der Waals surface area contributed by atoms with Gasteiger partial charge in [-0.2, -0.15) is 0 Å².